The summed E-state index contributed by atoms with van der Waals surface area (Å²) in [6.45, 7) is 1.47. The van der Waals surface area contributed by atoms with E-state index in [0.717, 1.165) is 0 Å². The molecule has 0 aliphatic carbocycles. The van der Waals surface area contributed by atoms with Crippen molar-refractivity contribution in [3.63, 3.8) is 0 Å². The van der Waals surface area contributed by atoms with E-state index >= 15 is 0 Å². The van der Waals surface area contributed by atoms with Crippen LogP contribution in [-0.2, 0) is 25.6 Å². The first-order chi connectivity index (χ1) is 17.3. The van der Waals surface area contributed by atoms with Gasteiger partial charge in [0.05, 0.1) is 6.10 Å². The smallest absolute Gasteiger partial charge is 0.326 e. The fraction of sp³-hybridized carbons (Fsp3) is 0.500. The lowest BCUT2D eigenvalue weighted by atomic mass is 10.0. The van der Waals surface area contributed by atoms with Gasteiger partial charge < -0.3 is 48.5 Å². The fourth-order valence-corrected chi connectivity index (χ4v) is 3.32. The minimum absolute atomic E-state index is 0.00666. The number of aromatic hydroxyl groups is 1. The number of phenolic OH excluding ortho intramolecular Hbond substituents is 1. The summed E-state index contributed by atoms with van der Waals surface area (Å²) in [4.78, 5) is 53.6. The van der Waals surface area contributed by atoms with Gasteiger partial charge in [0.25, 0.3) is 0 Å². The minimum atomic E-state index is -1.29. The number of hydrogen-bond donors (Lipinski definition) is 10. The van der Waals surface area contributed by atoms with Gasteiger partial charge in [-0.2, -0.15) is 12.6 Å². The summed E-state index contributed by atoms with van der Waals surface area (Å²) >= 11 is 4.07. The van der Waals surface area contributed by atoms with E-state index in [1.165, 1.54) is 31.2 Å². The van der Waals surface area contributed by atoms with Crippen molar-refractivity contribution in [2.24, 2.45) is 22.2 Å². The number of aliphatic hydroxyl groups excluding tert-OH is 1. The van der Waals surface area contributed by atoms with Crippen molar-refractivity contribution in [3.8, 4) is 5.75 Å². The molecular formula is C22H35N7O7S. The van der Waals surface area contributed by atoms with Crippen LogP contribution in [0.1, 0.15) is 25.3 Å². The molecule has 0 saturated carbocycles. The first kappa shape index (κ1) is 31.5. The number of rotatable bonds is 15. The Morgan fingerprint density at radius 2 is 1.51 bits per heavy atom. The summed E-state index contributed by atoms with van der Waals surface area (Å²) in [7, 11) is 0. The molecule has 206 valence electrons. The number of carbonyl (C=O) groups is 4. The van der Waals surface area contributed by atoms with Crippen LogP contribution >= 0.6 is 12.6 Å². The molecule has 5 atom stereocenters. The number of aliphatic imine (C=N–C) groups is 1. The lowest BCUT2D eigenvalue weighted by Crippen LogP contribution is -2.59. The number of benzene rings is 1. The number of carbonyl (C=O) groups excluding carboxylic acids is 3. The topological polar surface area (TPSA) is 255 Å². The summed E-state index contributed by atoms with van der Waals surface area (Å²) in [5, 5.41) is 35.8. The molecule has 3 amide bonds. The molecule has 0 aliphatic rings. The first-order valence-electron chi connectivity index (χ1n) is 11.4. The van der Waals surface area contributed by atoms with E-state index in [-0.39, 0.29) is 43.3 Å². The highest BCUT2D eigenvalue weighted by molar-refractivity contribution is 7.80. The number of nitrogens with two attached hydrogens (primary N) is 3. The van der Waals surface area contributed by atoms with Crippen molar-refractivity contribution < 1.29 is 34.5 Å². The van der Waals surface area contributed by atoms with Crippen LogP contribution in [0.3, 0.4) is 0 Å². The van der Waals surface area contributed by atoms with Gasteiger partial charge in [-0.3, -0.25) is 19.4 Å². The molecule has 12 N–H and O–H groups in total. The molecule has 0 bridgehead atoms. The number of carboxylic acid groups (broad SMARTS) is 1. The zero-order valence-corrected chi connectivity index (χ0v) is 21.2. The molecule has 14 nitrogen and oxygen atoms in total. The van der Waals surface area contributed by atoms with Crippen LogP contribution in [0.15, 0.2) is 29.3 Å². The Morgan fingerprint density at radius 3 is 2.03 bits per heavy atom. The second-order valence-corrected chi connectivity index (χ2v) is 8.66. The maximum absolute atomic E-state index is 13.1. The number of phenols is 1. The average Bonchev–Trinajstić information content (AvgIpc) is 2.83. The number of guanidine groups is 1. The Labute approximate surface area is 219 Å². The van der Waals surface area contributed by atoms with Crippen LogP contribution in [0.25, 0.3) is 0 Å². The average molecular weight is 542 g/mol. The zero-order valence-electron chi connectivity index (χ0n) is 20.3. The van der Waals surface area contributed by atoms with E-state index in [9.17, 15) is 34.5 Å². The van der Waals surface area contributed by atoms with Gasteiger partial charge in [-0.1, -0.05) is 12.1 Å². The molecule has 0 spiro atoms. The highest BCUT2D eigenvalue weighted by Crippen LogP contribution is 2.12. The Balaban J connectivity index is 3.04. The fourth-order valence-electron chi connectivity index (χ4n) is 3.06. The highest BCUT2D eigenvalue weighted by atomic mass is 32.1. The molecule has 0 radical (unpaired) electrons. The highest BCUT2D eigenvalue weighted by Gasteiger charge is 2.30. The normalized spacial score (nSPS) is 14.8. The summed E-state index contributed by atoms with van der Waals surface area (Å²) in [5.41, 5.74) is 16.7. The summed E-state index contributed by atoms with van der Waals surface area (Å²) in [5.74, 6) is -3.96. The number of carboxylic acids is 1. The van der Waals surface area contributed by atoms with Crippen LogP contribution in [0.4, 0.5) is 0 Å². The molecule has 15 heteroatoms. The van der Waals surface area contributed by atoms with Crippen LogP contribution in [0.2, 0.25) is 0 Å². The Bertz CT molecular complexity index is 955. The van der Waals surface area contributed by atoms with Crippen molar-refractivity contribution in [2.45, 2.75) is 56.5 Å². The van der Waals surface area contributed by atoms with Gasteiger partial charge in [0.15, 0.2) is 5.96 Å². The predicted molar refractivity (Wildman–Crippen MR) is 139 cm³/mol. The van der Waals surface area contributed by atoms with E-state index in [4.69, 9.17) is 17.2 Å². The van der Waals surface area contributed by atoms with Gasteiger partial charge in [-0.05, 0) is 37.5 Å². The second-order valence-electron chi connectivity index (χ2n) is 8.29. The standard InChI is InChI=1S/C22H35N7O7S/c1-11(30)17(23)20(34)29-16(10-37)19(33)28-15(9-12-4-6-13(31)7-5-12)18(32)27-14(21(35)36)3-2-8-26-22(24)25/h4-7,11,14-17,30-31,37H,2-3,8-10,23H2,1H3,(H,27,32)(H,28,33)(H,29,34)(H,35,36)(H4,24,25,26). The largest absolute Gasteiger partial charge is 0.508 e. The number of hydrogen-bond acceptors (Lipinski definition) is 9. The number of thiol groups is 1. The third-order valence-electron chi connectivity index (χ3n) is 5.21. The van der Waals surface area contributed by atoms with E-state index in [0.29, 0.717) is 5.56 Å². The summed E-state index contributed by atoms with van der Waals surface area (Å²) in [6, 6.07) is 0.823. The Kier molecular flexibility index (Phi) is 13.2. The van der Waals surface area contributed by atoms with Crippen molar-refractivity contribution in [3.05, 3.63) is 29.8 Å². The summed E-state index contributed by atoms with van der Waals surface area (Å²) in [6.07, 6.45) is -0.943. The van der Waals surface area contributed by atoms with Crippen molar-refractivity contribution >= 4 is 42.3 Å². The number of nitrogens with one attached hydrogen (secondary N) is 3. The number of amides is 3. The van der Waals surface area contributed by atoms with Crippen LogP contribution in [0.5, 0.6) is 5.75 Å². The number of nitrogens with zero attached hydrogens (tertiary/aromatic N) is 1. The molecular weight excluding hydrogens is 506 g/mol. The van der Waals surface area contributed by atoms with Gasteiger partial charge >= 0.3 is 5.97 Å². The van der Waals surface area contributed by atoms with Gasteiger partial charge in [0, 0.05) is 18.7 Å². The SMILES string of the molecule is CC(O)C(N)C(=O)NC(CS)C(=O)NC(Cc1ccc(O)cc1)C(=O)NC(CCCN=C(N)N)C(=O)O. The molecule has 1 aromatic carbocycles. The van der Waals surface area contributed by atoms with Crippen molar-refractivity contribution in [1.82, 2.24) is 16.0 Å². The minimum Gasteiger partial charge on any atom is -0.508 e. The third-order valence-corrected chi connectivity index (χ3v) is 5.57. The maximum atomic E-state index is 13.1. The molecule has 1 aromatic rings. The first-order valence-corrected chi connectivity index (χ1v) is 12.0. The van der Waals surface area contributed by atoms with E-state index in [2.05, 4.69) is 33.6 Å². The molecule has 5 unspecified atom stereocenters. The van der Waals surface area contributed by atoms with Crippen LogP contribution in [-0.4, -0.2) is 87.5 Å². The number of aliphatic hydroxyl groups is 1. The predicted octanol–water partition coefficient (Wildman–Crippen LogP) is -2.83. The van der Waals surface area contributed by atoms with E-state index in [1.54, 1.807) is 0 Å². The molecule has 0 aliphatic heterocycles. The summed E-state index contributed by atoms with van der Waals surface area (Å²) < 4.78 is 0. The molecule has 0 heterocycles. The van der Waals surface area contributed by atoms with E-state index in [1.807, 2.05) is 0 Å². The lowest BCUT2D eigenvalue weighted by molar-refractivity contribution is -0.142. The van der Waals surface area contributed by atoms with Crippen molar-refractivity contribution in [2.75, 3.05) is 12.3 Å². The number of aliphatic carboxylic acids is 1. The molecule has 0 fully saturated rings. The molecule has 0 aromatic heterocycles. The lowest BCUT2D eigenvalue weighted by Gasteiger charge is -2.25. The zero-order chi connectivity index (χ0) is 28.1. The second kappa shape index (κ2) is 15.5. The van der Waals surface area contributed by atoms with Crippen LogP contribution in [0, 0.1) is 0 Å². The van der Waals surface area contributed by atoms with Gasteiger partial charge in [0.1, 0.15) is 29.9 Å². The molecule has 0 saturated heterocycles. The maximum Gasteiger partial charge on any atom is 0.326 e. The molecule has 1 rings (SSSR count). The third kappa shape index (κ3) is 11.4. The van der Waals surface area contributed by atoms with Crippen molar-refractivity contribution in [1.29, 1.82) is 0 Å². The van der Waals surface area contributed by atoms with Gasteiger partial charge in [-0.15, -0.1) is 0 Å². The quantitative estimate of drug-likeness (QED) is 0.0471. The van der Waals surface area contributed by atoms with E-state index < -0.39 is 54.0 Å². The van der Waals surface area contributed by atoms with Gasteiger partial charge in [-0.25, -0.2) is 4.79 Å². The Morgan fingerprint density at radius 1 is 0.973 bits per heavy atom. The monoisotopic (exact) mass is 541 g/mol. The molecule has 37 heavy (non-hydrogen) atoms. The Hall–Kier alpha value is -3.56. The van der Waals surface area contributed by atoms with Crippen LogP contribution < -0.4 is 33.2 Å². The van der Waals surface area contributed by atoms with Gasteiger partial charge in [0.2, 0.25) is 17.7 Å².